The Bertz CT molecular complexity index is 424. The van der Waals surface area contributed by atoms with Crippen molar-refractivity contribution in [3.05, 3.63) is 35.9 Å². The van der Waals surface area contributed by atoms with E-state index >= 15 is 0 Å². The lowest BCUT2D eigenvalue weighted by Gasteiger charge is -2.39. The third kappa shape index (κ3) is 3.05. The molecule has 3 heteroatoms. The van der Waals surface area contributed by atoms with Gasteiger partial charge < -0.3 is 9.64 Å². The van der Waals surface area contributed by atoms with Crippen LogP contribution in [0.3, 0.4) is 0 Å². The van der Waals surface area contributed by atoms with Crippen LogP contribution >= 0.6 is 0 Å². The number of likely N-dealkylation sites (tertiary alicyclic amines) is 1. The van der Waals surface area contributed by atoms with Gasteiger partial charge in [0, 0.05) is 25.7 Å². The second-order valence-corrected chi connectivity index (χ2v) is 6.58. The fourth-order valence-corrected chi connectivity index (χ4v) is 3.46. The first-order valence-corrected chi connectivity index (χ1v) is 7.74. The third-order valence-electron chi connectivity index (χ3n) is 4.94. The molecular formula is C17H26N2O. The first kappa shape index (κ1) is 14.1. The molecule has 0 unspecified atom stereocenters. The first-order chi connectivity index (χ1) is 9.67. The van der Waals surface area contributed by atoms with E-state index in [0.29, 0.717) is 6.04 Å². The van der Waals surface area contributed by atoms with Crippen molar-refractivity contribution in [1.29, 1.82) is 0 Å². The summed E-state index contributed by atoms with van der Waals surface area (Å²) in [6, 6.07) is 11.4. The SMILES string of the molecule is CN(C)[C@@H]1COC2(CCN(Cc3ccccc3)CC2)C1. The highest BCUT2D eigenvalue weighted by molar-refractivity contribution is 5.14. The van der Waals surface area contributed by atoms with E-state index in [1.165, 1.54) is 24.8 Å². The van der Waals surface area contributed by atoms with E-state index in [1.807, 2.05) is 0 Å². The molecule has 0 saturated carbocycles. The van der Waals surface area contributed by atoms with Crippen LogP contribution in [0.2, 0.25) is 0 Å². The van der Waals surface area contributed by atoms with Gasteiger partial charge in [-0.3, -0.25) is 4.90 Å². The highest BCUT2D eigenvalue weighted by Gasteiger charge is 2.43. The van der Waals surface area contributed by atoms with Crippen molar-refractivity contribution in [2.45, 2.75) is 37.5 Å². The van der Waals surface area contributed by atoms with Gasteiger partial charge in [0.25, 0.3) is 0 Å². The molecule has 20 heavy (non-hydrogen) atoms. The van der Waals surface area contributed by atoms with Crippen LogP contribution < -0.4 is 0 Å². The molecule has 110 valence electrons. The quantitative estimate of drug-likeness (QED) is 0.841. The zero-order valence-electron chi connectivity index (χ0n) is 12.7. The van der Waals surface area contributed by atoms with Gasteiger partial charge in [0.05, 0.1) is 12.2 Å². The smallest absolute Gasteiger partial charge is 0.0723 e. The normalized spacial score (nSPS) is 26.4. The number of rotatable bonds is 3. The van der Waals surface area contributed by atoms with Crippen molar-refractivity contribution < 1.29 is 4.74 Å². The highest BCUT2D eigenvalue weighted by Crippen LogP contribution is 2.37. The lowest BCUT2D eigenvalue weighted by Crippen LogP contribution is -2.44. The summed E-state index contributed by atoms with van der Waals surface area (Å²) in [6.45, 7) is 4.31. The Labute approximate surface area is 122 Å². The highest BCUT2D eigenvalue weighted by atomic mass is 16.5. The van der Waals surface area contributed by atoms with Crippen molar-refractivity contribution in [3.8, 4) is 0 Å². The Morgan fingerprint density at radius 1 is 1.20 bits per heavy atom. The van der Waals surface area contributed by atoms with E-state index in [4.69, 9.17) is 4.74 Å². The van der Waals surface area contributed by atoms with Gasteiger partial charge in [-0.25, -0.2) is 0 Å². The van der Waals surface area contributed by atoms with Gasteiger partial charge in [-0.05, 0) is 38.9 Å². The lowest BCUT2D eigenvalue weighted by atomic mass is 9.87. The third-order valence-corrected chi connectivity index (χ3v) is 4.94. The molecule has 0 aromatic heterocycles. The summed E-state index contributed by atoms with van der Waals surface area (Å²) in [5, 5.41) is 0. The molecule has 0 radical (unpaired) electrons. The number of hydrogen-bond donors (Lipinski definition) is 0. The number of piperidine rings is 1. The maximum atomic E-state index is 6.19. The molecule has 0 bridgehead atoms. The largest absolute Gasteiger partial charge is 0.373 e. The summed E-state index contributed by atoms with van der Waals surface area (Å²) >= 11 is 0. The molecule has 2 aliphatic heterocycles. The molecule has 1 aromatic carbocycles. The monoisotopic (exact) mass is 274 g/mol. The molecule has 1 spiro atoms. The summed E-state index contributed by atoms with van der Waals surface area (Å²) < 4.78 is 6.19. The van der Waals surface area contributed by atoms with Crippen molar-refractivity contribution in [1.82, 2.24) is 9.80 Å². The van der Waals surface area contributed by atoms with E-state index in [-0.39, 0.29) is 5.60 Å². The van der Waals surface area contributed by atoms with Crippen LogP contribution in [-0.4, -0.2) is 55.2 Å². The van der Waals surface area contributed by atoms with E-state index in [0.717, 1.165) is 26.2 Å². The minimum absolute atomic E-state index is 0.169. The van der Waals surface area contributed by atoms with E-state index in [9.17, 15) is 0 Å². The predicted octanol–water partition coefficient (Wildman–Crippen LogP) is 2.37. The number of ether oxygens (including phenoxy) is 1. The summed E-state index contributed by atoms with van der Waals surface area (Å²) in [4.78, 5) is 4.87. The van der Waals surface area contributed by atoms with Crippen LogP contribution in [0.15, 0.2) is 30.3 Å². The number of benzene rings is 1. The molecule has 2 heterocycles. The molecule has 1 atom stereocenters. The van der Waals surface area contributed by atoms with E-state index in [1.54, 1.807) is 0 Å². The van der Waals surface area contributed by atoms with Crippen LogP contribution in [0.4, 0.5) is 0 Å². The van der Waals surface area contributed by atoms with Gasteiger partial charge in [0.15, 0.2) is 0 Å². The van der Waals surface area contributed by atoms with Gasteiger partial charge >= 0.3 is 0 Å². The Kier molecular flexibility index (Phi) is 4.11. The second-order valence-electron chi connectivity index (χ2n) is 6.58. The average Bonchev–Trinajstić information content (AvgIpc) is 2.87. The fraction of sp³-hybridized carbons (Fsp3) is 0.647. The zero-order valence-corrected chi connectivity index (χ0v) is 12.7. The molecule has 0 aliphatic carbocycles. The molecule has 3 nitrogen and oxygen atoms in total. The topological polar surface area (TPSA) is 15.7 Å². The van der Waals surface area contributed by atoms with Crippen molar-refractivity contribution in [2.75, 3.05) is 33.8 Å². The Balaban J connectivity index is 1.53. The standard InChI is InChI=1S/C17H26N2O/c1-18(2)16-12-17(20-14-16)8-10-19(11-9-17)13-15-6-4-3-5-7-15/h3-7,16H,8-14H2,1-2H3/t16-/m0/s1. The zero-order chi connectivity index (χ0) is 14.0. The van der Waals surface area contributed by atoms with Crippen LogP contribution in [-0.2, 0) is 11.3 Å². The lowest BCUT2D eigenvalue weighted by molar-refractivity contribution is -0.0451. The first-order valence-electron chi connectivity index (χ1n) is 7.74. The van der Waals surface area contributed by atoms with Gasteiger partial charge in [0.1, 0.15) is 0 Å². The number of hydrogen-bond acceptors (Lipinski definition) is 3. The van der Waals surface area contributed by atoms with Gasteiger partial charge in [-0.15, -0.1) is 0 Å². The predicted molar refractivity (Wildman–Crippen MR) is 81.7 cm³/mol. The van der Waals surface area contributed by atoms with Gasteiger partial charge in [-0.2, -0.15) is 0 Å². The number of likely N-dealkylation sites (N-methyl/N-ethyl adjacent to an activating group) is 1. The Morgan fingerprint density at radius 3 is 2.50 bits per heavy atom. The van der Waals surface area contributed by atoms with Gasteiger partial charge in [0.2, 0.25) is 0 Å². The number of nitrogens with zero attached hydrogens (tertiary/aromatic N) is 2. The summed E-state index contributed by atoms with van der Waals surface area (Å²) in [5.41, 5.74) is 1.59. The summed E-state index contributed by atoms with van der Waals surface area (Å²) in [5.74, 6) is 0. The molecule has 1 aromatic rings. The molecule has 3 rings (SSSR count). The molecule has 2 fully saturated rings. The summed E-state index contributed by atoms with van der Waals surface area (Å²) in [6.07, 6.45) is 3.58. The van der Waals surface area contributed by atoms with Crippen molar-refractivity contribution >= 4 is 0 Å². The van der Waals surface area contributed by atoms with Crippen molar-refractivity contribution in [2.24, 2.45) is 0 Å². The Hall–Kier alpha value is -0.900. The second kappa shape index (κ2) is 5.84. The average molecular weight is 274 g/mol. The maximum absolute atomic E-state index is 6.19. The van der Waals surface area contributed by atoms with E-state index in [2.05, 4.69) is 54.2 Å². The van der Waals surface area contributed by atoms with Crippen LogP contribution in [0.1, 0.15) is 24.8 Å². The summed E-state index contributed by atoms with van der Waals surface area (Å²) in [7, 11) is 4.33. The molecule has 2 aliphatic rings. The van der Waals surface area contributed by atoms with Crippen LogP contribution in [0.25, 0.3) is 0 Å². The van der Waals surface area contributed by atoms with Crippen molar-refractivity contribution in [3.63, 3.8) is 0 Å². The molecule has 2 saturated heterocycles. The minimum atomic E-state index is 0.169. The molecular weight excluding hydrogens is 248 g/mol. The van der Waals surface area contributed by atoms with Crippen LogP contribution in [0, 0.1) is 0 Å². The maximum Gasteiger partial charge on any atom is 0.0723 e. The van der Waals surface area contributed by atoms with Gasteiger partial charge in [-0.1, -0.05) is 30.3 Å². The molecule has 0 amide bonds. The van der Waals surface area contributed by atoms with E-state index < -0.39 is 0 Å². The molecule has 0 N–H and O–H groups in total. The van der Waals surface area contributed by atoms with Crippen LogP contribution in [0.5, 0.6) is 0 Å². The fourth-order valence-electron chi connectivity index (χ4n) is 3.46. The minimum Gasteiger partial charge on any atom is -0.373 e. The Morgan fingerprint density at radius 2 is 1.90 bits per heavy atom.